The number of aromatic nitrogens is 3. The Morgan fingerprint density at radius 1 is 1.15 bits per heavy atom. The maximum Gasteiger partial charge on any atom is 0.140 e. The molecule has 0 aliphatic carbocycles. The number of hydrogen-bond acceptors (Lipinski definition) is 4. The first-order chi connectivity index (χ1) is 12.8. The smallest absolute Gasteiger partial charge is 0.140 e. The standard InChI is InChI=1S/C20H21ClN4O/c21-20-4-2-1-3-16(20)14-26-19-9-18(11-23-12-19)25-13-17(10-24-25)15-5-7-22-8-6-15/h1-4,9-13,15,22H,5-8,14H2. The molecule has 0 bridgehead atoms. The van der Waals surface area contributed by atoms with Crippen LogP contribution in [-0.2, 0) is 6.61 Å². The van der Waals surface area contributed by atoms with E-state index in [4.69, 9.17) is 16.3 Å². The third-order valence-electron chi connectivity index (χ3n) is 4.73. The lowest BCUT2D eigenvalue weighted by Gasteiger charge is -2.21. The first kappa shape index (κ1) is 17.1. The zero-order valence-corrected chi connectivity index (χ0v) is 15.2. The van der Waals surface area contributed by atoms with Gasteiger partial charge in [0.05, 0.1) is 24.3 Å². The summed E-state index contributed by atoms with van der Waals surface area (Å²) in [7, 11) is 0. The zero-order valence-electron chi connectivity index (χ0n) is 14.4. The Balaban J connectivity index is 1.47. The van der Waals surface area contributed by atoms with Crippen LogP contribution in [0.1, 0.15) is 29.9 Å². The topological polar surface area (TPSA) is 52.0 Å². The minimum atomic E-state index is 0.407. The monoisotopic (exact) mass is 368 g/mol. The van der Waals surface area contributed by atoms with Crippen LogP contribution in [0.25, 0.3) is 5.69 Å². The van der Waals surface area contributed by atoms with Crippen LogP contribution in [0.2, 0.25) is 5.02 Å². The van der Waals surface area contributed by atoms with Gasteiger partial charge in [-0.25, -0.2) is 4.68 Å². The van der Waals surface area contributed by atoms with Crippen LogP contribution >= 0.6 is 11.6 Å². The normalized spacial score (nSPS) is 15.1. The number of halogens is 1. The second kappa shape index (κ2) is 7.89. The van der Waals surface area contributed by atoms with E-state index in [-0.39, 0.29) is 0 Å². The molecule has 26 heavy (non-hydrogen) atoms. The van der Waals surface area contributed by atoms with Gasteiger partial charge in [-0.15, -0.1) is 0 Å². The Morgan fingerprint density at radius 3 is 2.85 bits per heavy atom. The summed E-state index contributed by atoms with van der Waals surface area (Å²) in [4.78, 5) is 4.29. The highest BCUT2D eigenvalue weighted by molar-refractivity contribution is 6.31. The predicted molar refractivity (Wildman–Crippen MR) is 102 cm³/mol. The van der Waals surface area contributed by atoms with Crippen molar-refractivity contribution < 1.29 is 4.74 Å². The molecule has 1 aliphatic rings. The van der Waals surface area contributed by atoms with Crippen molar-refractivity contribution >= 4 is 11.6 Å². The lowest BCUT2D eigenvalue weighted by molar-refractivity contribution is 0.305. The largest absolute Gasteiger partial charge is 0.487 e. The maximum absolute atomic E-state index is 6.18. The number of nitrogens with one attached hydrogen (secondary N) is 1. The van der Waals surface area contributed by atoms with Crippen molar-refractivity contribution in [3.8, 4) is 11.4 Å². The second-order valence-electron chi connectivity index (χ2n) is 6.50. The molecule has 6 heteroatoms. The van der Waals surface area contributed by atoms with Gasteiger partial charge in [0.25, 0.3) is 0 Å². The molecule has 0 atom stereocenters. The van der Waals surface area contributed by atoms with Gasteiger partial charge in [0, 0.05) is 22.8 Å². The summed E-state index contributed by atoms with van der Waals surface area (Å²) in [5, 5.41) is 8.62. The molecule has 1 aliphatic heterocycles. The fourth-order valence-electron chi connectivity index (χ4n) is 3.23. The molecular formula is C20H21ClN4O. The van der Waals surface area contributed by atoms with Crippen LogP contribution in [0.15, 0.2) is 55.1 Å². The Kier molecular flexibility index (Phi) is 5.18. The lowest BCUT2D eigenvalue weighted by atomic mass is 9.93. The molecule has 0 unspecified atom stereocenters. The van der Waals surface area contributed by atoms with E-state index in [9.17, 15) is 0 Å². The highest BCUT2D eigenvalue weighted by Crippen LogP contribution is 2.26. The lowest BCUT2D eigenvalue weighted by Crippen LogP contribution is -2.26. The fraction of sp³-hybridized carbons (Fsp3) is 0.300. The van der Waals surface area contributed by atoms with Crippen LogP contribution in [0.3, 0.4) is 0 Å². The molecule has 134 valence electrons. The molecule has 0 radical (unpaired) electrons. The summed E-state index contributed by atoms with van der Waals surface area (Å²) < 4.78 is 7.73. The Labute approximate surface area is 158 Å². The van der Waals surface area contributed by atoms with Gasteiger partial charge in [-0.3, -0.25) is 4.98 Å². The average Bonchev–Trinajstić information content (AvgIpc) is 3.19. The Hall–Kier alpha value is -2.37. The van der Waals surface area contributed by atoms with Gasteiger partial charge < -0.3 is 10.1 Å². The second-order valence-corrected chi connectivity index (χ2v) is 6.91. The van der Waals surface area contributed by atoms with Crippen molar-refractivity contribution in [3.05, 3.63) is 71.3 Å². The van der Waals surface area contributed by atoms with Gasteiger partial charge in [0.15, 0.2) is 0 Å². The molecule has 3 aromatic rings. The van der Waals surface area contributed by atoms with Gasteiger partial charge in [-0.2, -0.15) is 5.10 Å². The minimum absolute atomic E-state index is 0.407. The van der Waals surface area contributed by atoms with Crippen molar-refractivity contribution in [2.24, 2.45) is 0 Å². The maximum atomic E-state index is 6.18. The molecule has 1 saturated heterocycles. The average molecular weight is 369 g/mol. The molecule has 1 aromatic carbocycles. The predicted octanol–water partition coefficient (Wildman–Crippen LogP) is 3.97. The zero-order chi connectivity index (χ0) is 17.8. The summed E-state index contributed by atoms with van der Waals surface area (Å²) >= 11 is 6.18. The number of pyridine rings is 1. The molecule has 3 heterocycles. The Morgan fingerprint density at radius 2 is 2.00 bits per heavy atom. The van der Waals surface area contributed by atoms with Gasteiger partial charge >= 0.3 is 0 Å². The van der Waals surface area contributed by atoms with E-state index >= 15 is 0 Å². The summed E-state index contributed by atoms with van der Waals surface area (Å²) in [6, 6.07) is 9.62. The van der Waals surface area contributed by atoms with Crippen LogP contribution in [0.4, 0.5) is 0 Å². The third-order valence-corrected chi connectivity index (χ3v) is 5.10. The van der Waals surface area contributed by atoms with Crippen LogP contribution in [0, 0.1) is 0 Å². The number of piperidine rings is 1. The Bertz CT molecular complexity index is 874. The molecule has 4 rings (SSSR count). The fourth-order valence-corrected chi connectivity index (χ4v) is 3.42. The quantitative estimate of drug-likeness (QED) is 0.740. The van der Waals surface area contributed by atoms with Crippen molar-refractivity contribution in [1.29, 1.82) is 0 Å². The number of hydrogen-bond donors (Lipinski definition) is 1. The van der Waals surface area contributed by atoms with Crippen molar-refractivity contribution in [2.75, 3.05) is 13.1 Å². The highest BCUT2D eigenvalue weighted by Gasteiger charge is 2.17. The molecule has 0 saturated carbocycles. The summed E-state index contributed by atoms with van der Waals surface area (Å²) in [5.41, 5.74) is 3.13. The van der Waals surface area contributed by atoms with Crippen molar-refractivity contribution in [1.82, 2.24) is 20.1 Å². The van der Waals surface area contributed by atoms with E-state index in [1.54, 1.807) is 12.4 Å². The summed E-state index contributed by atoms with van der Waals surface area (Å²) in [6.07, 6.45) is 9.88. The molecule has 0 amide bonds. The van der Waals surface area contributed by atoms with Gasteiger partial charge in [0.2, 0.25) is 0 Å². The van der Waals surface area contributed by atoms with Gasteiger partial charge in [-0.1, -0.05) is 29.8 Å². The van der Waals surface area contributed by atoms with Crippen LogP contribution < -0.4 is 10.1 Å². The van der Waals surface area contributed by atoms with E-state index in [2.05, 4.69) is 21.6 Å². The number of nitrogens with zero attached hydrogens (tertiary/aromatic N) is 3. The van der Waals surface area contributed by atoms with Crippen molar-refractivity contribution in [2.45, 2.75) is 25.4 Å². The first-order valence-electron chi connectivity index (χ1n) is 8.86. The number of benzene rings is 1. The first-order valence-corrected chi connectivity index (χ1v) is 9.24. The van der Waals surface area contributed by atoms with Gasteiger partial charge in [0.1, 0.15) is 12.4 Å². The number of rotatable bonds is 5. The molecule has 0 spiro atoms. The summed E-state index contributed by atoms with van der Waals surface area (Å²) in [5.74, 6) is 1.28. The number of ether oxygens (including phenoxy) is 1. The van der Waals surface area contributed by atoms with Crippen LogP contribution in [0.5, 0.6) is 5.75 Å². The highest BCUT2D eigenvalue weighted by atomic mass is 35.5. The van der Waals surface area contributed by atoms with Gasteiger partial charge in [-0.05, 0) is 43.5 Å². The summed E-state index contributed by atoms with van der Waals surface area (Å²) in [6.45, 7) is 2.55. The van der Waals surface area contributed by atoms with Crippen LogP contribution in [-0.4, -0.2) is 27.9 Å². The van der Waals surface area contributed by atoms with E-state index in [1.807, 2.05) is 41.2 Å². The van der Waals surface area contributed by atoms with E-state index in [0.29, 0.717) is 23.3 Å². The molecule has 2 aromatic heterocycles. The van der Waals surface area contributed by atoms with E-state index in [0.717, 1.165) is 37.2 Å². The SMILES string of the molecule is Clc1ccccc1COc1cncc(-n2cc(C3CCNCC3)cn2)c1. The molecule has 1 fully saturated rings. The van der Waals surface area contributed by atoms with E-state index in [1.165, 1.54) is 5.56 Å². The molecular weight excluding hydrogens is 348 g/mol. The molecule has 1 N–H and O–H groups in total. The van der Waals surface area contributed by atoms with Crippen molar-refractivity contribution in [3.63, 3.8) is 0 Å². The van der Waals surface area contributed by atoms with E-state index < -0.39 is 0 Å². The third kappa shape index (κ3) is 3.89. The molecule has 5 nitrogen and oxygen atoms in total. The minimum Gasteiger partial charge on any atom is -0.487 e.